The molecule has 0 radical (unpaired) electrons. The Morgan fingerprint density at radius 3 is 2.93 bits per heavy atom. The summed E-state index contributed by atoms with van der Waals surface area (Å²) in [5.41, 5.74) is 0.278. The monoisotopic (exact) mass is 240 g/mol. The SMILES string of the molecule is O=Cc1c(Cl)ncnc1Sc1ncc[nH]1. The van der Waals surface area contributed by atoms with Crippen molar-refractivity contribution >= 4 is 29.6 Å². The normalized spacial score (nSPS) is 10.2. The molecule has 2 aromatic rings. The van der Waals surface area contributed by atoms with Gasteiger partial charge in [-0.2, -0.15) is 0 Å². The molecular weight excluding hydrogens is 236 g/mol. The van der Waals surface area contributed by atoms with Crippen LogP contribution in [0.25, 0.3) is 0 Å². The first kappa shape index (κ1) is 10.1. The second-order valence-electron chi connectivity index (χ2n) is 2.50. The Morgan fingerprint density at radius 2 is 2.27 bits per heavy atom. The molecule has 0 unspecified atom stereocenters. The molecule has 0 saturated carbocycles. The zero-order valence-electron chi connectivity index (χ0n) is 7.35. The van der Waals surface area contributed by atoms with Crippen LogP contribution in [0.1, 0.15) is 10.4 Å². The first-order valence-electron chi connectivity index (χ1n) is 3.94. The van der Waals surface area contributed by atoms with E-state index in [0.717, 1.165) is 0 Å². The van der Waals surface area contributed by atoms with Crippen molar-refractivity contribution in [3.8, 4) is 0 Å². The summed E-state index contributed by atoms with van der Waals surface area (Å²) in [5.74, 6) is 0. The van der Waals surface area contributed by atoms with Crippen LogP contribution in [0.3, 0.4) is 0 Å². The Morgan fingerprint density at radius 1 is 1.40 bits per heavy atom. The first-order chi connectivity index (χ1) is 7.31. The van der Waals surface area contributed by atoms with Gasteiger partial charge in [-0.05, 0) is 11.8 Å². The van der Waals surface area contributed by atoms with Crippen molar-refractivity contribution in [1.29, 1.82) is 0 Å². The number of aromatic amines is 1. The third kappa shape index (κ3) is 2.16. The number of H-pyrrole nitrogens is 1. The minimum absolute atomic E-state index is 0.147. The molecule has 0 fully saturated rings. The fourth-order valence-corrected chi connectivity index (χ4v) is 1.95. The number of aldehydes is 1. The smallest absolute Gasteiger partial charge is 0.171 e. The highest BCUT2D eigenvalue weighted by molar-refractivity contribution is 7.99. The van der Waals surface area contributed by atoms with Gasteiger partial charge in [-0.25, -0.2) is 15.0 Å². The first-order valence-corrected chi connectivity index (χ1v) is 5.13. The largest absolute Gasteiger partial charge is 0.339 e. The number of carbonyl (C=O) groups is 1. The lowest BCUT2D eigenvalue weighted by Gasteiger charge is -2.01. The van der Waals surface area contributed by atoms with Crippen molar-refractivity contribution in [2.24, 2.45) is 0 Å². The number of nitrogens with one attached hydrogen (secondary N) is 1. The fraction of sp³-hybridized carbons (Fsp3) is 0. The molecular formula is C8H5ClN4OS. The molecule has 76 valence electrons. The van der Waals surface area contributed by atoms with Gasteiger partial charge in [-0.1, -0.05) is 11.6 Å². The molecule has 0 aromatic carbocycles. The molecule has 1 N–H and O–H groups in total. The van der Waals surface area contributed by atoms with E-state index >= 15 is 0 Å². The Hall–Kier alpha value is -1.40. The summed E-state index contributed by atoms with van der Waals surface area (Å²) >= 11 is 6.97. The van der Waals surface area contributed by atoms with E-state index in [1.54, 1.807) is 12.4 Å². The average Bonchev–Trinajstić information content (AvgIpc) is 2.71. The summed E-state index contributed by atoms with van der Waals surface area (Å²) in [5, 5.41) is 1.28. The lowest BCUT2D eigenvalue weighted by atomic mass is 10.4. The van der Waals surface area contributed by atoms with Crippen molar-refractivity contribution in [3.63, 3.8) is 0 Å². The molecule has 0 amide bonds. The fourth-order valence-electron chi connectivity index (χ4n) is 0.938. The van der Waals surface area contributed by atoms with Crippen LogP contribution < -0.4 is 0 Å². The summed E-state index contributed by atoms with van der Waals surface area (Å²) in [6.45, 7) is 0. The zero-order chi connectivity index (χ0) is 10.7. The maximum atomic E-state index is 10.8. The van der Waals surface area contributed by atoms with Gasteiger partial charge in [0.15, 0.2) is 11.4 Å². The quantitative estimate of drug-likeness (QED) is 0.655. The van der Waals surface area contributed by atoms with Crippen LogP contribution in [0.5, 0.6) is 0 Å². The molecule has 0 saturated heterocycles. The van der Waals surface area contributed by atoms with Gasteiger partial charge in [0.2, 0.25) is 0 Å². The molecule has 5 nitrogen and oxygen atoms in total. The van der Waals surface area contributed by atoms with E-state index in [0.29, 0.717) is 16.5 Å². The standard InChI is InChI=1S/C8H5ClN4OS/c9-6-5(3-14)7(13-4-12-6)15-8-10-1-2-11-8/h1-4H,(H,10,11). The highest BCUT2D eigenvalue weighted by Crippen LogP contribution is 2.27. The summed E-state index contributed by atoms with van der Waals surface area (Å²) in [6.07, 6.45) is 5.24. The van der Waals surface area contributed by atoms with Gasteiger partial charge < -0.3 is 4.98 Å². The minimum atomic E-state index is 0.147. The Bertz CT molecular complexity index is 473. The van der Waals surface area contributed by atoms with Crippen molar-refractivity contribution in [2.75, 3.05) is 0 Å². The molecule has 0 aliphatic heterocycles. The van der Waals surface area contributed by atoms with Gasteiger partial charge >= 0.3 is 0 Å². The van der Waals surface area contributed by atoms with Crippen molar-refractivity contribution < 1.29 is 4.79 Å². The van der Waals surface area contributed by atoms with Gasteiger partial charge in [0.1, 0.15) is 16.5 Å². The third-order valence-electron chi connectivity index (χ3n) is 1.58. The topological polar surface area (TPSA) is 71.5 Å². The van der Waals surface area contributed by atoms with E-state index in [1.165, 1.54) is 18.1 Å². The molecule has 0 atom stereocenters. The lowest BCUT2D eigenvalue weighted by Crippen LogP contribution is -1.93. The van der Waals surface area contributed by atoms with E-state index in [9.17, 15) is 4.79 Å². The Kier molecular flexibility index (Phi) is 2.98. The highest BCUT2D eigenvalue weighted by Gasteiger charge is 2.11. The van der Waals surface area contributed by atoms with Crippen LogP contribution in [0, 0.1) is 0 Å². The summed E-state index contributed by atoms with van der Waals surface area (Å²) < 4.78 is 0. The van der Waals surface area contributed by atoms with Crippen LogP contribution in [-0.4, -0.2) is 26.2 Å². The van der Waals surface area contributed by atoms with E-state index in [2.05, 4.69) is 19.9 Å². The van der Waals surface area contributed by atoms with Crippen LogP contribution in [0.4, 0.5) is 0 Å². The van der Waals surface area contributed by atoms with Gasteiger partial charge in [0, 0.05) is 12.4 Å². The molecule has 0 aliphatic rings. The maximum absolute atomic E-state index is 10.8. The van der Waals surface area contributed by atoms with Crippen LogP contribution in [0.2, 0.25) is 5.15 Å². The average molecular weight is 241 g/mol. The molecule has 2 heterocycles. The predicted molar refractivity (Wildman–Crippen MR) is 55.1 cm³/mol. The van der Waals surface area contributed by atoms with Crippen LogP contribution >= 0.6 is 23.4 Å². The van der Waals surface area contributed by atoms with Gasteiger partial charge in [-0.15, -0.1) is 0 Å². The molecule has 7 heteroatoms. The number of carbonyl (C=O) groups excluding carboxylic acids is 1. The molecule has 2 rings (SSSR count). The summed E-state index contributed by atoms with van der Waals surface area (Å²) in [6, 6.07) is 0. The zero-order valence-corrected chi connectivity index (χ0v) is 8.92. The van der Waals surface area contributed by atoms with Gasteiger partial charge in [-0.3, -0.25) is 4.79 Å². The molecule has 0 spiro atoms. The highest BCUT2D eigenvalue weighted by atomic mass is 35.5. The van der Waals surface area contributed by atoms with Crippen LogP contribution in [-0.2, 0) is 0 Å². The molecule has 0 aliphatic carbocycles. The van der Waals surface area contributed by atoms with Gasteiger partial charge in [0.05, 0.1) is 5.56 Å². The molecule has 15 heavy (non-hydrogen) atoms. The number of halogens is 1. The van der Waals surface area contributed by atoms with E-state index in [4.69, 9.17) is 11.6 Å². The Labute approximate surface area is 94.3 Å². The van der Waals surface area contributed by atoms with Gasteiger partial charge in [0.25, 0.3) is 0 Å². The second kappa shape index (κ2) is 4.41. The number of imidazole rings is 1. The second-order valence-corrected chi connectivity index (χ2v) is 3.83. The summed E-state index contributed by atoms with van der Waals surface area (Å²) in [7, 11) is 0. The van der Waals surface area contributed by atoms with E-state index in [1.807, 2.05) is 0 Å². The number of nitrogens with zero attached hydrogens (tertiary/aromatic N) is 3. The predicted octanol–water partition coefficient (Wildman–Crippen LogP) is 1.82. The summed E-state index contributed by atoms with van der Waals surface area (Å²) in [4.78, 5) is 25.3. The van der Waals surface area contributed by atoms with Crippen molar-refractivity contribution in [2.45, 2.75) is 10.2 Å². The molecule has 2 aromatic heterocycles. The number of rotatable bonds is 3. The number of hydrogen-bond donors (Lipinski definition) is 1. The maximum Gasteiger partial charge on any atom is 0.171 e. The molecule has 0 bridgehead atoms. The van der Waals surface area contributed by atoms with E-state index in [-0.39, 0.29) is 10.7 Å². The number of hydrogen-bond acceptors (Lipinski definition) is 5. The minimum Gasteiger partial charge on any atom is -0.339 e. The van der Waals surface area contributed by atoms with Crippen molar-refractivity contribution in [1.82, 2.24) is 19.9 Å². The number of aromatic nitrogens is 4. The Balaban J connectivity index is 2.36. The van der Waals surface area contributed by atoms with Crippen molar-refractivity contribution in [3.05, 3.63) is 29.4 Å². The van der Waals surface area contributed by atoms with E-state index < -0.39 is 0 Å². The third-order valence-corrected chi connectivity index (χ3v) is 2.82. The lowest BCUT2D eigenvalue weighted by molar-refractivity contribution is 0.112. The van der Waals surface area contributed by atoms with Crippen LogP contribution in [0.15, 0.2) is 28.9 Å².